The van der Waals surface area contributed by atoms with E-state index in [0.29, 0.717) is 24.0 Å². The molecule has 6 nitrogen and oxygen atoms in total. The minimum atomic E-state index is -3.70. The van der Waals surface area contributed by atoms with Gasteiger partial charge in [0.25, 0.3) is 10.0 Å². The summed E-state index contributed by atoms with van der Waals surface area (Å²) in [5.41, 5.74) is 5.84. The second-order valence-electron chi connectivity index (χ2n) is 9.20. The summed E-state index contributed by atoms with van der Waals surface area (Å²) >= 11 is 0. The standard InChI is InChI=1S/C26H27N3O3S/c1-28-15-23(21-10-12-27-24(21)16-28)22-14-20(8-9-26(22)32-17-18-6-7-18)33(30,31)29-13-11-19-4-2-3-5-25(19)29/h2-5,8-10,12,14-15,18,27H,6-7,11,13,16-17H2,1H3. The highest BCUT2D eigenvalue weighted by atomic mass is 32.2. The monoisotopic (exact) mass is 461 g/mol. The van der Waals surface area contributed by atoms with Gasteiger partial charge in [0.05, 0.1) is 23.7 Å². The lowest BCUT2D eigenvalue weighted by atomic mass is 9.95. The van der Waals surface area contributed by atoms with Crippen LogP contribution in [-0.2, 0) is 23.0 Å². The van der Waals surface area contributed by atoms with Crippen molar-refractivity contribution in [1.82, 2.24) is 9.88 Å². The van der Waals surface area contributed by atoms with Gasteiger partial charge in [-0.1, -0.05) is 18.2 Å². The van der Waals surface area contributed by atoms with Crippen molar-refractivity contribution in [3.8, 4) is 5.75 Å². The van der Waals surface area contributed by atoms with Crippen molar-refractivity contribution in [3.05, 3.63) is 83.3 Å². The topological polar surface area (TPSA) is 65.6 Å². The molecule has 3 heterocycles. The maximum atomic E-state index is 13.7. The molecule has 2 aromatic carbocycles. The summed E-state index contributed by atoms with van der Waals surface area (Å²) in [6.07, 6.45) is 7.14. The van der Waals surface area contributed by atoms with Crippen molar-refractivity contribution in [1.29, 1.82) is 0 Å². The Morgan fingerprint density at radius 3 is 2.79 bits per heavy atom. The predicted molar refractivity (Wildman–Crippen MR) is 129 cm³/mol. The van der Waals surface area contributed by atoms with Crippen molar-refractivity contribution >= 4 is 21.3 Å². The first-order chi connectivity index (χ1) is 16.0. The fourth-order valence-corrected chi connectivity index (χ4v) is 6.30. The average Bonchev–Trinajstić information content (AvgIpc) is 3.34. The molecule has 0 spiro atoms. The van der Waals surface area contributed by atoms with Gasteiger partial charge in [0, 0.05) is 48.4 Å². The molecule has 2 aliphatic heterocycles. The molecule has 0 saturated heterocycles. The van der Waals surface area contributed by atoms with Gasteiger partial charge in [0.1, 0.15) is 5.75 Å². The lowest BCUT2D eigenvalue weighted by Gasteiger charge is -2.25. The fraction of sp³-hybridized carbons (Fsp3) is 0.308. The molecular weight excluding hydrogens is 434 g/mol. The summed E-state index contributed by atoms with van der Waals surface area (Å²) in [5, 5.41) is 0. The zero-order chi connectivity index (χ0) is 22.6. The molecule has 6 rings (SSSR count). The minimum absolute atomic E-state index is 0.291. The summed E-state index contributed by atoms with van der Waals surface area (Å²) in [6, 6.07) is 15.1. The molecule has 0 radical (unpaired) electrons. The van der Waals surface area contributed by atoms with Gasteiger partial charge in [0.15, 0.2) is 0 Å². The van der Waals surface area contributed by atoms with Crippen LogP contribution in [0.5, 0.6) is 5.75 Å². The Balaban J connectivity index is 1.45. The van der Waals surface area contributed by atoms with Crippen LogP contribution in [0.15, 0.2) is 65.8 Å². The highest BCUT2D eigenvalue weighted by molar-refractivity contribution is 7.92. The molecule has 1 aromatic heterocycles. The summed E-state index contributed by atoms with van der Waals surface area (Å²) in [4.78, 5) is 5.72. The van der Waals surface area contributed by atoms with Crippen molar-refractivity contribution in [2.24, 2.45) is 5.92 Å². The first-order valence-electron chi connectivity index (χ1n) is 11.5. The number of nitrogens with one attached hydrogen (secondary N) is 1. The number of hydrogen-bond acceptors (Lipinski definition) is 4. The summed E-state index contributed by atoms with van der Waals surface area (Å²) in [6.45, 7) is 1.92. The maximum absolute atomic E-state index is 13.7. The maximum Gasteiger partial charge on any atom is 0.264 e. The van der Waals surface area contributed by atoms with Gasteiger partial charge in [-0.15, -0.1) is 0 Å². The van der Waals surface area contributed by atoms with Crippen LogP contribution in [0.3, 0.4) is 0 Å². The number of anilines is 1. The molecule has 0 atom stereocenters. The first-order valence-corrected chi connectivity index (χ1v) is 12.9. The normalized spacial score (nSPS) is 17.5. The first kappa shape index (κ1) is 20.4. The Morgan fingerprint density at radius 1 is 1.09 bits per heavy atom. The molecule has 3 aromatic rings. The lowest BCUT2D eigenvalue weighted by molar-refractivity contribution is 0.298. The molecule has 1 fully saturated rings. The van der Waals surface area contributed by atoms with E-state index in [-0.39, 0.29) is 0 Å². The second kappa shape index (κ2) is 7.70. The zero-order valence-corrected chi connectivity index (χ0v) is 19.4. The highest BCUT2D eigenvalue weighted by Gasteiger charge is 2.32. The van der Waals surface area contributed by atoms with E-state index in [1.54, 1.807) is 12.1 Å². The van der Waals surface area contributed by atoms with E-state index in [9.17, 15) is 8.42 Å². The molecule has 0 amide bonds. The van der Waals surface area contributed by atoms with E-state index in [1.807, 2.05) is 43.6 Å². The molecule has 0 unspecified atom stereocenters. The second-order valence-corrected chi connectivity index (χ2v) is 11.1. The molecule has 33 heavy (non-hydrogen) atoms. The number of hydrogen-bond donors (Lipinski definition) is 1. The number of ether oxygens (including phenoxy) is 1. The van der Waals surface area contributed by atoms with Crippen LogP contribution in [0.25, 0.3) is 5.57 Å². The molecule has 1 saturated carbocycles. The number of aromatic amines is 1. The number of H-pyrrole nitrogens is 1. The third-order valence-electron chi connectivity index (χ3n) is 6.73. The SMILES string of the molecule is CN1C=C(c2cc(S(=O)(=O)N3CCc4ccccc43)ccc2OCC2CC2)c2cc[nH]c2C1. The Morgan fingerprint density at radius 2 is 1.94 bits per heavy atom. The smallest absolute Gasteiger partial charge is 0.264 e. The fourth-order valence-electron chi connectivity index (χ4n) is 4.77. The van der Waals surface area contributed by atoms with E-state index in [0.717, 1.165) is 52.4 Å². The molecule has 1 N–H and O–H groups in total. The number of rotatable bonds is 6. The Bertz CT molecular complexity index is 1350. The van der Waals surface area contributed by atoms with Crippen LogP contribution in [0.1, 0.15) is 35.2 Å². The van der Waals surface area contributed by atoms with Crippen LogP contribution < -0.4 is 9.04 Å². The van der Waals surface area contributed by atoms with Crippen molar-refractivity contribution in [2.45, 2.75) is 30.7 Å². The van der Waals surface area contributed by atoms with Gasteiger partial charge in [-0.25, -0.2) is 8.42 Å². The third-order valence-corrected chi connectivity index (χ3v) is 8.53. The highest BCUT2D eigenvalue weighted by Crippen LogP contribution is 2.40. The summed E-state index contributed by atoms with van der Waals surface area (Å²) < 4.78 is 35.2. The molecule has 3 aliphatic rings. The third kappa shape index (κ3) is 3.60. The van der Waals surface area contributed by atoms with Crippen LogP contribution in [0.4, 0.5) is 5.69 Å². The average molecular weight is 462 g/mol. The number of nitrogens with zero attached hydrogens (tertiary/aromatic N) is 2. The van der Waals surface area contributed by atoms with E-state index in [2.05, 4.69) is 22.2 Å². The van der Waals surface area contributed by atoms with Crippen molar-refractivity contribution < 1.29 is 13.2 Å². The van der Waals surface area contributed by atoms with E-state index >= 15 is 0 Å². The summed E-state index contributed by atoms with van der Waals surface area (Å²) in [5.74, 6) is 1.34. The predicted octanol–water partition coefficient (Wildman–Crippen LogP) is 4.39. The van der Waals surface area contributed by atoms with Gasteiger partial charge >= 0.3 is 0 Å². The van der Waals surface area contributed by atoms with Gasteiger partial charge < -0.3 is 14.6 Å². The number of sulfonamides is 1. The van der Waals surface area contributed by atoms with Gasteiger partial charge in [-0.05, 0) is 61.1 Å². The van der Waals surface area contributed by atoms with Crippen molar-refractivity contribution in [2.75, 3.05) is 24.5 Å². The Labute approximate surface area is 194 Å². The number of fused-ring (bicyclic) bond motifs is 2. The van der Waals surface area contributed by atoms with E-state index < -0.39 is 10.0 Å². The van der Waals surface area contributed by atoms with Gasteiger partial charge in [0.2, 0.25) is 0 Å². The quantitative estimate of drug-likeness (QED) is 0.591. The van der Waals surface area contributed by atoms with Crippen LogP contribution in [0, 0.1) is 5.92 Å². The number of aromatic nitrogens is 1. The Hall–Kier alpha value is -3.19. The van der Waals surface area contributed by atoms with Gasteiger partial charge in [-0.2, -0.15) is 0 Å². The molecule has 170 valence electrons. The van der Waals surface area contributed by atoms with Crippen LogP contribution >= 0.6 is 0 Å². The number of benzene rings is 2. The van der Waals surface area contributed by atoms with E-state index in [1.165, 1.54) is 17.1 Å². The molecule has 1 aliphatic carbocycles. The molecular formula is C26H27N3O3S. The Kier molecular flexibility index (Phi) is 4.76. The molecule has 0 bridgehead atoms. The summed E-state index contributed by atoms with van der Waals surface area (Å²) in [7, 11) is -1.67. The lowest BCUT2D eigenvalue weighted by Crippen LogP contribution is -2.29. The minimum Gasteiger partial charge on any atom is -0.493 e. The van der Waals surface area contributed by atoms with Crippen LogP contribution in [-0.4, -0.2) is 38.5 Å². The van der Waals surface area contributed by atoms with Gasteiger partial charge in [-0.3, -0.25) is 4.31 Å². The van der Waals surface area contributed by atoms with E-state index in [4.69, 9.17) is 4.74 Å². The van der Waals surface area contributed by atoms with Crippen LogP contribution in [0.2, 0.25) is 0 Å². The largest absolute Gasteiger partial charge is 0.493 e. The van der Waals surface area contributed by atoms with Crippen molar-refractivity contribution in [3.63, 3.8) is 0 Å². The zero-order valence-electron chi connectivity index (χ0n) is 18.6. The molecule has 7 heteroatoms. The number of para-hydroxylation sites is 1.